The van der Waals surface area contributed by atoms with E-state index in [9.17, 15) is 4.79 Å². The lowest BCUT2D eigenvalue weighted by Crippen LogP contribution is -2.22. The second-order valence-electron chi connectivity index (χ2n) is 10.5. The molecule has 2 aromatic carbocycles. The van der Waals surface area contributed by atoms with E-state index < -0.39 is 11.8 Å². The minimum atomic E-state index is -0.662. The fraction of sp³-hybridized carbons (Fsp3) is 0.133. The fourth-order valence-corrected chi connectivity index (χ4v) is 4.23. The number of ether oxygens (including phenoxy) is 1. The first kappa shape index (κ1) is 26.6. The van der Waals surface area contributed by atoms with Gasteiger partial charge in [0.1, 0.15) is 29.5 Å². The number of hydrogen-bond acceptors (Lipinski definition) is 7. The molecule has 4 heterocycles. The molecule has 0 atom stereocenters. The molecule has 0 aliphatic rings. The van der Waals surface area contributed by atoms with Crippen molar-refractivity contribution < 1.29 is 13.9 Å². The number of urea groups is 1. The van der Waals surface area contributed by atoms with Crippen molar-refractivity contribution in [2.45, 2.75) is 26.2 Å². The Morgan fingerprint density at radius 3 is 2.62 bits per heavy atom. The van der Waals surface area contributed by atoms with Crippen LogP contribution in [-0.4, -0.2) is 41.0 Å². The monoisotopic (exact) mass is 563 g/mol. The number of H-pyrrole nitrogens is 1. The van der Waals surface area contributed by atoms with Gasteiger partial charge in [-0.3, -0.25) is 15.4 Å². The Kier molecular flexibility index (Phi) is 6.79. The molecule has 3 N–H and O–H groups in total. The molecule has 210 valence electrons. The van der Waals surface area contributed by atoms with Crippen LogP contribution in [0, 0.1) is 5.82 Å². The molecule has 2 amide bonds. The first-order valence-electron chi connectivity index (χ1n) is 13.0. The average Bonchev–Trinajstić information content (AvgIpc) is 3.65. The molecule has 12 heteroatoms. The molecule has 4 aromatic heterocycles. The molecule has 6 aromatic rings. The summed E-state index contributed by atoms with van der Waals surface area (Å²) in [5.41, 5.74) is 3.41. The van der Waals surface area contributed by atoms with Crippen LogP contribution in [0.1, 0.15) is 26.5 Å². The number of carbonyl (C=O) groups is 1. The summed E-state index contributed by atoms with van der Waals surface area (Å²) < 4.78 is 22.5. The maximum absolute atomic E-state index is 15.0. The number of amides is 2. The topological polar surface area (TPSA) is 136 Å². The number of anilines is 2. The number of nitrogens with one attached hydrogen (secondary N) is 3. The van der Waals surface area contributed by atoms with Crippen LogP contribution in [0.25, 0.3) is 27.8 Å². The molecule has 0 radical (unpaired) electrons. The summed E-state index contributed by atoms with van der Waals surface area (Å²) in [6, 6.07) is 14.4. The summed E-state index contributed by atoms with van der Waals surface area (Å²) in [4.78, 5) is 25.7. The van der Waals surface area contributed by atoms with Crippen molar-refractivity contribution in [1.82, 2.24) is 34.9 Å². The fourth-order valence-electron chi connectivity index (χ4n) is 4.23. The Bertz CT molecular complexity index is 1900. The van der Waals surface area contributed by atoms with Gasteiger partial charge in [-0.15, -0.1) is 0 Å². The molecule has 0 bridgehead atoms. The molecule has 0 unspecified atom stereocenters. The summed E-state index contributed by atoms with van der Waals surface area (Å²) in [6.45, 7) is 6.09. The van der Waals surface area contributed by atoms with Gasteiger partial charge in [0.2, 0.25) is 0 Å². The summed E-state index contributed by atoms with van der Waals surface area (Å²) >= 11 is 0. The number of aromatic nitrogens is 7. The van der Waals surface area contributed by atoms with Crippen LogP contribution in [0.4, 0.5) is 20.7 Å². The summed E-state index contributed by atoms with van der Waals surface area (Å²) in [6.07, 6.45) is 8.15. The van der Waals surface area contributed by atoms with Crippen LogP contribution >= 0.6 is 0 Å². The van der Waals surface area contributed by atoms with Gasteiger partial charge in [0.15, 0.2) is 0 Å². The van der Waals surface area contributed by atoms with Crippen LogP contribution in [0.5, 0.6) is 11.5 Å². The lowest BCUT2D eigenvalue weighted by Gasteiger charge is -2.14. The van der Waals surface area contributed by atoms with Crippen molar-refractivity contribution in [1.29, 1.82) is 0 Å². The lowest BCUT2D eigenvalue weighted by atomic mass is 9.92. The number of aromatic amines is 1. The molecule has 0 aliphatic heterocycles. The van der Waals surface area contributed by atoms with Crippen LogP contribution in [-0.2, 0) is 5.41 Å². The number of halogens is 1. The predicted molar refractivity (Wildman–Crippen MR) is 156 cm³/mol. The quantitative estimate of drug-likeness (QED) is 0.211. The third kappa shape index (κ3) is 5.63. The maximum atomic E-state index is 15.0. The summed E-state index contributed by atoms with van der Waals surface area (Å²) in [5, 5.41) is 17.6. The normalized spacial score (nSPS) is 11.4. The molecule has 6 rings (SSSR count). The van der Waals surface area contributed by atoms with Gasteiger partial charge in [0.05, 0.1) is 34.5 Å². The zero-order valence-corrected chi connectivity index (χ0v) is 23.0. The Morgan fingerprint density at radius 2 is 1.83 bits per heavy atom. The number of rotatable bonds is 6. The highest BCUT2D eigenvalue weighted by Gasteiger charge is 2.22. The van der Waals surface area contributed by atoms with Crippen molar-refractivity contribution in [2.24, 2.45) is 0 Å². The second kappa shape index (κ2) is 10.7. The van der Waals surface area contributed by atoms with Gasteiger partial charge in [0.25, 0.3) is 0 Å². The predicted octanol–water partition coefficient (Wildman–Crippen LogP) is 6.47. The van der Waals surface area contributed by atoms with E-state index in [1.54, 1.807) is 53.7 Å². The molecule has 0 saturated heterocycles. The Morgan fingerprint density at radius 1 is 0.976 bits per heavy atom. The van der Waals surface area contributed by atoms with Crippen molar-refractivity contribution in [2.75, 3.05) is 10.6 Å². The van der Waals surface area contributed by atoms with Crippen LogP contribution < -0.4 is 15.4 Å². The minimum Gasteiger partial charge on any atom is -0.457 e. The van der Waals surface area contributed by atoms with Crippen LogP contribution in [0.15, 0.2) is 85.7 Å². The molecule has 11 nitrogen and oxygen atoms in total. The SMILES string of the molecule is CC(C)(C)c1cc(NC(=O)Nc2ccc(Oc3ccnc(-c4cn[nH]c4)c3)cc2F)n(-c2ccc3ncncc3c2)n1. The van der Waals surface area contributed by atoms with E-state index in [1.807, 2.05) is 39.0 Å². The molecular formula is C30H26FN9O2. The number of benzene rings is 2. The first-order chi connectivity index (χ1) is 20.2. The van der Waals surface area contributed by atoms with E-state index in [-0.39, 0.29) is 16.9 Å². The van der Waals surface area contributed by atoms with E-state index in [4.69, 9.17) is 9.84 Å². The molecule has 42 heavy (non-hydrogen) atoms. The van der Waals surface area contributed by atoms with Crippen LogP contribution in [0.2, 0.25) is 0 Å². The van der Waals surface area contributed by atoms with Gasteiger partial charge in [-0.05, 0) is 36.4 Å². The molecule has 0 spiro atoms. The van der Waals surface area contributed by atoms with Crippen molar-refractivity contribution >= 4 is 28.4 Å². The summed E-state index contributed by atoms with van der Waals surface area (Å²) in [5.74, 6) is 0.489. The lowest BCUT2D eigenvalue weighted by molar-refractivity contribution is 0.262. The van der Waals surface area contributed by atoms with E-state index in [1.165, 1.54) is 18.5 Å². The number of pyridine rings is 1. The second-order valence-corrected chi connectivity index (χ2v) is 10.5. The zero-order chi connectivity index (χ0) is 29.3. The molecular weight excluding hydrogens is 537 g/mol. The number of fused-ring (bicyclic) bond motifs is 1. The van der Waals surface area contributed by atoms with Crippen molar-refractivity contribution in [3.05, 3.63) is 97.2 Å². The number of nitrogens with zero attached hydrogens (tertiary/aromatic N) is 6. The minimum absolute atomic E-state index is 0.0152. The highest BCUT2D eigenvalue weighted by atomic mass is 19.1. The van der Waals surface area contributed by atoms with Crippen LogP contribution in [0.3, 0.4) is 0 Å². The standard InChI is InChI=1S/C30H26FN9O2/c1-30(2,3)27-13-28(40(39-27)20-4-6-24-18(10-20)14-32-17-34-24)38-29(41)37-25-7-5-21(11-23(25)31)42-22-8-9-33-26(12-22)19-15-35-36-16-19/h4-17H,1-3H3,(H,35,36)(H2,37,38,41). The maximum Gasteiger partial charge on any atom is 0.324 e. The first-order valence-corrected chi connectivity index (χ1v) is 13.0. The largest absolute Gasteiger partial charge is 0.457 e. The van der Waals surface area contributed by atoms with E-state index in [0.29, 0.717) is 22.9 Å². The van der Waals surface area contributed by atoms with Gasteiger partial charge >= 0.3 is 6.03 Å². The summed E-state index contributed by atoms with van der Waals surface area (Å²) in [7, 11) is 0. The number of hydrogen-bond donors (Lipinski definition) is 3. The van der Waals surface area contributed by atoms with Gasteiger partial charge < -0.3 is 10.1 Å². The smallest absolute Gasteiger partial charge is 0.324 e. The van der Waals surface area contributed by atoms with Crippen molar-refractivity contribution in [3.8, 4) is 28.4 Å². The van der Waals surface area contributed by atoms with Gasteiger partial charge in [-0.1, -0.05) is 20.8 Å². The zero-order valence-electron chi connectivity index (χ0n) is 23.0. The van der Waals surface area contributed by atoms with Gasteiger partial charge in [-0.2, -0.15) is 10.2 Å². The molecule has 0 aliphatic carbocycles. The molecule has 0 fully saturated rings. The van der Waals surface area contributed by atoms with E-state index in [0.717, 1.165) is 22.2 Å². The Labute approximate surface area is 239 Å². The average molecular weight is 564 g/mol. The van der Waals surface area contributed by atoms with Gasteiger partial charge in [-0.25, -0.2) is 23.8 Å². The molecule has 0 saturated carbocycles. The Hall–Kier alpha value is -5.65. The number of carbonyl (C=O) groups excluding carboxylic acids is 1. The highest BCUT2D eigenvalue weighted by Crippen LogP contribution is 2.30. The van der Waals surface area contributed by atoms with Gasteiger partial charge in [0, 0.05) is 53.2 Å². The Balaban J connectivity index is 1.20. The highest BCUT2D eigenvalue weighted by molar-refractivity contribution is 5.99. The van der Waals surface area contributed by atoms with Crippen molar-refractivity contribution in [3.63, 3.8) is 0 Å². The third-order valence-corrected chi connectivity index (χ3v) is 6.40. The van der Waals surface area contributed by atoms with E-state index >= 15 is 4.39 Å². The van der Waals surface area contributed by atoms with E-state index in [2.05, 4.69) is 35.8 Å². The third-order valence-electron chi connectivity index (χ3n) is 6.40.